The maximum Gasteiger partial charge on any atom is 0.164 e. The molecule has 3 heteroatoms. The fourth-order valence-electron chi connectivity index (χ4n) is 1.50. The number of hydrogen-bond donors (Lipinski definition) is 1. The molecule has 1 aliphatic heterocycles. The molecular weight excluding hydrogens is 180 g/mol. The summed E-state index contributed by atoms with van der Waals surface area (Å²) in [5.41, 5.74) is 0. The third-order valence-electron chi connectivity index (χ3n) is 2.09. The Morgan fingerprint density at radius 1 is 1.36 bits per heavy atom. The first-order valence-corrected chi connectivity index (χ1v) is 5.09. The molecule has 1 N–H and O–H groups in total. The fourth-order valence-corrected chi connectivity index (χ4v) is 1.50. The summed E-state index contributed by atoms with van der Waals surface area (Å²) in [6, 6.07) is 0. The normalized spacial score (nSPS) is 31.9. The second-order valence-corrected chi connectivity index (χ2v) is 4.45. The Kier molecular flexibility index (Phi) is 3.70. The van der Waals surface area contributed by atoms with Crippen LogP contribution < -0.4 is 0 Å². The summed E-state index contributed by atoms with van der Waals surface area (Å²) in [5.74, 6) is -0.0963. The average Bonchev–Trinajstić information content (AvgIpc) is 2.37. The van der Waals surface area contributed by atoms with Crippen LogP contribution in [-0.4, -0.2) is 29.7 Å². The molecule has 1 heterocycles. The molecule has 1 rings (SSSR count). The van der Waals surface area contributed by atoms with Crippen molar-refractivity contribution < 1.29 is 14.6 Å². The molecule has 14 heavy (non-hydrogen) atoms. The number of ether oxygens (including phenoxy) is 2. The topological polar surface area (TPSA) is 38.7 Å². The van der Waals surface area contributed by atoms with Crippen molar-refractivity contribution in [3.05, 3.63) is 12.2 Å². The van der Waals surface area contributed by atoms with Gasteiger partial charge in [-0.15, -0.1) is 0 Å². The standard InChI is InChI=1S/C11H20O3/c1-8(2)5-6-9-10(7-12)14-11(3,4)13-9/h5-6,8-10,12H,7H2,1-4H3/b6-5+. The van der Waals surface area contributed by atoms with Crippen molar-refractivity contribution in [2.45, 2.75) is 45.7 Å². The predicted molar refractivity (Wildman–Crippen MR) is 54.9 cm³/mol. The van der Waals surface area contributed by atoms with Gasteiger partial charge in [-0.05, 0) is 19.8 Å². The molecule has 0 saturated carbocycles. The number of allylic oxidation sites excluding steroid dienone is 1. The van der Waals surface area contributed by atoms with Crippen molar-refractivity contribution in [1.82, 2.24) is 0 Å². The van der Waals surface area contributed by atoms with Gasteiger partial charge < -0.3 is 14.6 Å². The molecule has 0 aromatic heterocycles. The molecule has 1 fully saturated rings. The first-order valence-electron chi connectivity index (χ1n) is 5.09. The molecule has 0 bridgehead atoms. The van der Waals surface area contributed by atoms with Gasteiger partial charge in [0.25, 0.3) is 0 Å². The third kappa shape index (κ3) is 3.08. The zero-order chi connectivity index (χ0) is 10.8. The van der Waals surface area contributed by atoms with E-state index in [9.17, 15) is 0 Å². The monoisotopic (exact) mass is 200 g/mol. The molecule has 0 radical (unpaired) electrons. The number of aliphatic hydroxyl groups excluding tert-OH is 1. The summed E-state index contributed by atoms with van der Waals surface area (Å²) in [4.78, 5) is 0. The summed E-state index contributed by atoms with van der Waals surface area (Å²) in [6.07, 6.45) is 3.68. The van der Waals surface area contributed by atoms with Gasteiger partial charge in [-0.25, -0.2) is 0 Å². The highest BCUT2D eigenvalue weighted by Gasteiger charge is 2.39. The fraction of sp³-hybridized carbons (Fsp3) is 0.818. The average molecular weight is 200 g/mol. The minimum Gasteiger partial charge on any atom is -0.394 e. The molecular formula is C11H20O3. The van der Waals surface area contributed by atoms with Crippen LogP contribution in [0.15, 0.2) is 12.2 Å². The zero-order valence-electron chi connectivity index (χ0n) is 9.36. The van der Waals surface area contributed by atoms with Crippen molar-refractivity contribution in [3.8, 4) is 0 Å². The Morgan fingerprint density at radius 2 is 2.00 bits per heavy atom. The van der Waals surface area contributed by atoms with E-state index in [0.29, 0.717) is 5.92 Å². The van der Waals surface area contributed by atoms with Crippen molar-refractivity contribution in [2.75, 3.05) is 6.61 Å². The lowest BCUT2D eigenvalue weighted by Crippen LogP contribution is -2.24. The maximum absolute atomic E-state index is 9.10. The van der Waals surface area contributed by atoms with Crippen LogP contribution in [-0.2, 0) is 9.47 Å². The van der Waals surface area contributed by atoms with Crippen LogP contribution in [0.3, 0.4) is 0 Å². The van der Waals surface area contributed by atoms with Crippen molar-refractivity contribution in [2.24, 2.45) is 5.92 Å². The Balaban J connectivity index is 2.60. The lowest BCUT2D eigenvalue weighted by Gasteiger charge is -2.15. The minimum atomic E-state index is -0.584. The summed E-state index contributed by atoms with van der Waals surface area (Å²) in [6.45, 7) is 7.92. The van der Waals surface area contributed by atoms with E-state index < -0.39 is 5.79 Å². The zero-order valence-corrected chi connectivity index (χ0v) is 9.36. The summed E-state index contributed by atoms with van der Waals surface area (Å²) in [5, 5.41) is 9.10. The molecule has 1 aliphatic rings. The molecule has 0 aliphatic carbocycles. The van der Waals surface area contributed by atoms with Crippen LogP contribution in [0.4, 0.5) is 0 Å². The van der Waals surface area contributed by atoms with Gasteiger partial charge in [0, 0.05) is 0 Å². The third-order valence-corrected chi connectivity index (χ3v) is 2.09. The van der Waals surface area contributed by atoms with Crippen LogP contribution in [0.2, 0.25) is 0 Å². The van der Waals surface area contributed by atoms with Gasteiger partial charge in [0.2, 0.25) is 0 Å². The van der Waals surface area contributed by atoms with Crippen LogP contribution in [0.5, 0.6) is 0 Å². The molecule has 2 unspecified atom stereocenters. The molecule has 1 saturated heterocycles. The van der Waals surface area contributed by atoms with Crippen LogP contribution in [0.25, 0.3) is 0 Å². The van der Waals surface area contributed by atoms with Gasteiger partial charge >= 0.3 is 0 Å². The summed E-state index contributed by atoms with van der Waals surface area (Å²) >= 11 is 0. The van der Waals surface area contributed by atoms with Gasteiger partial charge in [-0.1, -0.05) is 26.0 Å². The SMILES string of the molecule is CC(C)/C=C/C1OC(C)(C)OC1CO. The quantitative estimate of drug-likeness (QED) is 0.705. The summed E-state index contributed by atoms with van der Waals surface area (Å²) < 4.78 is 11.2. The van der Waals surface area contributed by atoms with Gasteiger partial charge in [0.1, 0.15) is 12.2 Å². The van der Waals surface area contributed by atoms with Crippen LogP contribution in [0, 0.1) is 5.92 Å². The van der Waals surface area contributed by atoms with Gasteiger partial charge in [-0.2, -0.15) is 0 Å². The van der Waals surface area contributed by atoms with E-state index in [1.54, 1.807) is 0 Å². The van der Waals surface area contributed by atoms with Gasteiger partial charge in [-0.3, -0.25) is 0 Å². The van der Waals surface area contributed by atoms with E-state index in [2.05, 4.69) is 19.9 Å². The Morgan fingerprint density at radius 3 is 2.50 bits per heavy atom. The van der Waals surface area contributed by atoms with Crippen molar-refractivity contribution in [3.63, 3.8) is 0 Å². The smallest absolute Gasteiger partial charge is 0.164 e. The lowest BCUT2D eigenvalue weighted by molar-refractivity contribution is -0.146. The maximum atomic E-state index is 9.10. The lowest BCUT2D eigenvalue weighted by atomic mass is 10.1. The Labute approximate surface area is 85.7 Å². The molecule has 2 atom stereocenters. The van der Waals surface area contributed by atoms with Crippen molar-refractivity contribution >= 4 is 0 Å². The van der Waals surface area contributed by atoms with E-state index in [4.69, 9.17) is 14.6 Å². The highest BCUT2D eigenvalue weighted by Crippen LogP contribution is 2.28. The summed E-state index contributed by atoms with van der Waals surface area (Å²) in [7, 11) is 0. The highest BCUT2D eigenvalue weighted by atomic mass is 16.8. The van der Waals surface area contributed by atoms with E-state index in [-0.39, 0.29) is 18.8 Å². The Hall–Kier alpha value is -0.380. The number of aliphatic hydroxyl groups is 1. The van der Waals surface area contributed by atoms with Crippen LogP contribution >= 0.6 is 0 Å². The minimum absolute atomic E-state index is 0.00344. The molecule has 0 spiro atoms. The second kappa shape index (κ2) is 4.43. The van der Waals surface area contributed by atoms with E-state index in [0.717, 1.165) is 0 Å². The number of rotatable bonds is 3. The van der Waals surface area contributed by atoms with E-state index in [1.165, 1.54) is 0 Å². The van der Waals surface area contributed by atoms with Gasteiger partial charge in [0.15, 0.2) is 5.79 Å². The molecule has 82 valence electrons. The molecule has 0 aromatic rings. The Bertz CT molecular complexity index is 209. The second-order valence-electron chi connectivity index (χ2n) is 4.45. The van der Waals surface area contributed by atoms with Gasteiger partial charge in [0.05, 0.1) is 6.61 Å². The molecule has 0 amide bonds. The molecule has 3 nitrogen and oxygen atoms in total. The highest BCUT2D eigenvalue weighted by molar-refractivity contribution is 4.98. The largest absolute Gasteiger partial charge is 0.394 e. The first kappa shape index (κ1) is 11.7. The van der Waals surface area contributed by atoms with E-state index >= 15 is 0 Å². The molecule has 0 aromatic carbocycles. The predicted octanol–water partition coefficient (Wildman–Crippen LogP) is 1.71. The number of hydrogen-bond acceptors (Lipinski definition) is 3. The van der Waals surface area contributed by atoms with E-state index in [1.807, 2.05) is 19.9 Å². The first-order chi connectivity index (χ1) is 6.44. The van der Waals surface area contributed by atoms with Crippen molar-refractivity contribution in [1.29, 1.82) is 0 Å². The van der Waals surface area contributed by atoms with Crippen LogP contribution in [0.1, 0.15) is 27.7 Å².